The van der Waals surface area contributed by atoms with Gasteiger partial charge < -0.3 is 10.4 Å². The molecule has 0 heterocycles. The van der Waals surface area contributed by atoms with E-state index in [0.717, 1.165) is 6.54 Å². The number of aliphatic hydroxyl groups is 1. The van der Waals surface area contributed by atoms with Gasteiger partial charge in [0.05, 0.1) is 10.6 Å². The van der Waals surface area contributed by atoms with Crippen molar-refractivity contribution in [2.75, 3.05) is 13.1 Å². The molecule has 1 atom stereocenters. The Bertz CT molecular complexity index is 438. The fourth-order valence-corrected chi connectivity index (χ4v) is 2.27. The summed E-state index contributed by atoms with van der Waals surface area (Å²) in [6.45, 7) is 7.32. The van der Waals surface area contributed by atoms with Gasteiger partial charge in [-0.05, 0) is 54.3 Å². The normalized spacial score (nSPS) is 14.7. The molecule has 0 saturated heterocycles. The topological polar surface area (TPSA) is 32.3 Å². The van der Waals surface area contributed by atoms with Crippen molar-refractivity contribution in [1.82, 2.24) is 5.32 Å². The van der Waals surface area contributed by atoms with E-state index in [4.69, 9.17) is 11.6 Å². The van der Waals surface area contributed by atoms with Gasteiger partial charge in [0, 0.05) is 10.0 Å². The first-order valence-electron chi connectivity index (χ1n) is 6.32. The molecule has 0 fully saturated rings. The quantitative estimate of drug-likeness (QED) is 0.597. The highest BCUT2D eigenvalue weighted by Gasteiger charge is 2.27. The van der Waals surface area contributed by atoms with Gasteiger partial charge in [0.2, 0.25) is 0 Å². The Labute approximate surface area is 127 Å². The Hall–Kier alpha value is -0.160. The van der Waals surface area contributed by atoms with Crippen LogP contribution in [0.25, 0.3) is 0 Å². The van der Waals surface area contributed by atoms with Crippen LogP contribution in [0.2, 0.25) is 5.02 Å². The number of hydrogen-bond donors (Lipinski definition) is 2. The summed E-state index contributed by atoms with van der Waals surface area (Å²) in [5.41, 5.74) is -1.01. The first-order chi connectivity index (χ1) is 8.75. The fraction of sp³-hybridized carbons (Fsp3) is 0.571. The molecule has 0 aliphatic rings. The summed E-state index contributed by atoms with van der Waals surface area (Å²) in [7, 11) is 0. The third-order valence-electron chi connectivity index (χ3n) is 2.96. The highest BCUT2D eigenvalue weighted by atomic mass is 79.9. The number of nitrogens with one attached hydrogen (secondary N) is 1. The molecule has 0 aromatic heterocycles. The number of halogens is 3. The molecule has 1 aromatic carbocycles. The van der Waals surface area contributed by atoms with E-state index in [1.54, 1.807) is 19.1 Å². The van der Waals surface area contributed by atoms with Crippen LogP contribution in [0.3, 0.4) is 0 Å². The van der Waals surface area contributed by atoms with E-state index in [1.807, 2.05) is 0 Å². The van der Waals surface area contributed by atoms with Crippen LogP contribution in [0.4, 0.5) is 4.39 Å². The molecular formula is C14H20BrClFNO. The minimum Gasteiger partial charge on any atom is -0.385 e. The molecule has 1 rings (SSSR count). The van der Waals surface area contributed by atoms with Crippen molar-refractivity contribution in [2.45, 2.75) is 32.8 Å². The maximum absolute atomic E-state index is 14.1. The molecular weight excluding hydrogens is 333 g/mol. The molecule has 1 aromatic rings. The average Bonchev–Trinajstić information content (AvgIpc) is 2.31. The smallest absolute Gasteiger partial charge is 0.149 e. The predicted molar refractivity (Wildman–Crippen MR) is 81.0 cm³/mol. The maximum Gasteiger partial charge on any atom is 0.149 e. The third kappa shape index (κ3) is 4.71. The lowest BCUT2D eigenvalue weighted by Gasteiger charge is -2.25. The van der Waals surface area contributed by atoms with Crippen LogP contribution < -0.4 is 5.32 Å². The fourth-order valence-electron chi connectivity index (χ4n) is 1.80. The Morgan fingerprint density at radius 1 is 1.47 bits per heavy atom. The van der Waals surface area contributed by atoms with E-state index in [1.165, 1.54) is 0 Å². The molecule has 0 spiro atoms. The van der Waals surface area contributed by atoms with Crippen LogP contribution >= 0.6 is 27.5 Å². The van der Waals surface area contributed by atoms with Crippen molar-refractivity contribution in [3.05, 3.63) is 33.0 Å². The summed E-state index contributed by atoms with van der Waals surface area (Å²) in [5, 5.41) is 13.6. The summed E-state index contributed by atoms with van der Waals surface area (Å²) in [4.78, 5) is 0. The summed E-state index contributed by atoms with van der Waals surface area (Å²) in [6, 6.07) is 3.21. The van der Waals surface area contributed by atoms with Gasteiger partial charge >= 0.3 is 0 Å². The zero-order valence-corrected chi connectivity index (χ0v) is 13.8. The molecule has 5 heteroatoms. The van der Waals surface area contributed by atoms with Crippen LogP contribution in [-0.4, -0.2) is 18.2 Å². The summed E-state index contributed by atoms with van der Waals surface area (Å²) in [6.07, 6.45) is 0.425. The van der Waals surface area contributed by atoms with E-state index in [-0.39, 0.29) is 10.6 Å². The number of rotatable bonds is 6. The second kappa shape index (κ2) is 7.02. The standard InChI is InChI=1S/C14H20BrClFNO/c1-9(2)8-18-7-6-14(3,19)10-4-5-11(15)12(16)13(10)17/h4-5,9,18-19H,6-8H2,1-3H3. The van der Waals surface area contributed by atoms with Crippen molar-refractivity contribution in [2.24, 2.45) is 5.92 Å². The van der Waals surface area contributed by atoms with Gasteiger partial charge in [-0.2, -0.15) is 0 Å². The third-order valence-corrected chi connectivity index (χ3v) is 4.22. The minimum absolute atomic E-state index is 0.00733. The molecule has 0 aliphatic carbocycles. The zero-order valence-electron chi connectivity index (χ0n) is 11.4. The van der Waals surface area contributed by atoms with Crippen LogP contribution in [0, 0.1) is 11.7 Å². The average molecular weight is 353 g/mol. The van der Waals surface area contributed by atoms with Crippen LogP contribution in [0.15, 0.2) is 16.6 Å². The van der Waals surface area contributed by atoms with E-state index in [2.05, 4.69) is 35.1 Å². The molecule has 0 radical (unpaired) electrons. The molecule has 1 unspecified atom stereocenters. The van der Waals surface area contributed by atoms with Crippen LogP contribution in [0.1, 0.15) is 32.8 Å². The Morgan fingerprint density at radius 2 is 2.11 bits per heavy atom. The highest BCUT2D eigenvalue weighted by molar-refractivity contribution is 9.10. The highest BCUT2D eigenvalue weighted by Crippen LogP contribution is 2.34. The van der Waals surface area contributed by atoms with Gasteiger partial charge in [0.25, 0.3) is 0 Å². The second-order valence-corrected chi connectivity index (χ2v) is 6.58. The summed E-state index contributed by atoms with van der Waals surface area (Å²) in [5.74, 6) is -0.0197. The van der Waals surface area contributed by atoms with Crippen molar-refractivity contribution < 1.29 is 9.50 Å². The van der Waals surface area contributed by atoms with Crippen molar-refractivity contribution >= 4 is 27.5 Å². The van der Waals surface area contributed by atoms with Gasteiger partial charge in [0.15, 0.2) is 0 Å². The van der Waals surface area contributed by atoms with E-state index in [0.29, 0.717) is 23.4 Å². The lowest BCUT2D eigenvalue weighted by Crippen LogP contribution is -2.30. The zero-order chi connectivity index (χ0) is 14.6. The minimum atomic E-state index is -1.24. The van der Waals surface area contributed by atoms with Gasteiger partial charge in [-0.3, -0.25) is 0 Å². The molecule has 108 valence electrons. The number of hydrogen-bond acceptors (Lipinski definition) is 2. The Kier molecular flexibility index (Phi) is 6.24. The van der Waals surface area contributed by atoms with Gasteiger partial charge in [-0.25, -0.2) is 4.39 Å². The molecule has 0 saturated carbocycles. The second-order valence-electron chi connectivity index (χ2n) is 5.34. The molecule has 2 N–H and O–H groups in total. The Balaban J connectivity index is 2.74. The maximum atomic E-state index is 14.1. The van der Waals surface area contributed by atoms with E-state index >= 15 is 0 Å². The van der Waals surface area contributed by atoms with Crippen molar-refractivity contribution in [3.8, 4) is 0 Å². The van der Waals surface area contributed by atoms with Crippen LogP contribution in [0.5, 0.6) is 0 Å². The van der Waals surface area contributed by atoms with E-state index < -0.39 is 11.4 Å². The molecule has 19 heavy (non-hydrogen) atoms. The van der Waals surface area contributed by atoms with Gasteiger partial charge in [-0.15, -0.1) is 0 Å². The van der Waals surface area contributed by atoms with E-state index in [9.17, 15) is 9.50 Å². The Morgan fingerprint density at radius 3 is 2.68 bits per heavy atom. The van der Waals surface area contributed by atoms with Gasteiger partial charge in [0.1, 0.15) is 5.82 Å². The first kappa shape index (κ1) is 16.9. The molecule has 0 aliphatic heterocycles. The molecule has 0 amide bonds. The summed E-state index contributed by atoms with van der Waals surface area (Å²) >= 11 is 9.00. The van der Waals surface area contributed by atoms with Crippen LogP contribution in [-0.2, 0) is 5.60 Å². The van der Waals surface area contributed by atoms with Gasteiger partial charge in [-0.1, -0.05) is 31.5 Å². The lowest BCUT2D eigenvalue weighted by molar-refractivity contribution is 0.0442. The lowest BCUT2D eigenvalue weighted by atomic mass is 9.92. The predicted octanol–water partition coefficient (Wildman–Crippen LogP) is 4.08. The largest absolute Gasteiger partial charge is 0.385 e. The summed E-state index contributed by atoms with van der Waals surface area (Å²) < 4.78 is 14.5. The van der Waals surface area contributed by atoms with Crippen molar-refractivity contribution in [3.63, 3.8) is 0 Å². The SMILES string of the molecule is CC(C)CNCCC(C)(O)c1ccc(Br)c(Cl)c1F. The monoisotopic (exact) mass is 351 g/mol. The molecule has 0 bridgehead atoms. The molecule has 2 nitrogen and oxygen atoms in total. The van der Waals surface area contributed by atoms with Crippen molar-refractivity contribution in [1.29, 1.82) is 0 Å². The number of benzene rings is 1. The first-order valence-corrected chi connectivity index (χ1v) is 7.50.